The number of aliphatic hydroxyl groups is 1. The van der Waals surface area contributed by atoms with E-state index in [2.05, 4.69) is 10.6 Å². The maximum absolute atomic E-state index is 13.1. The third kappa shape index (κ3) is 7.64. The number of hydrogen-bond donors (Lipinski definition) is 5. The molecule has 8 nitrogen and oxygen atoms in total. The first-order valence-electron chi connectivity index (χ1n) is 12.0. The van der Waals surface area contributed by atoms with E-state index in [-0.39, 0.29) is 13.0 Å². The number of hydrogen-bond acceptors (Lipinski definition) is 6. The third-order valence-corrected chi connectivity index (χ3v) is 5.79. The minimum absolute atomic E-state index is 0.232. The fraction of sp³-hybridized carbons (Fsp3) is 0.286. The summed E-state index contributed by atoms with van der Waals surface area (Å²) in [6.07, 6.45) is -0.992. The summed E-state index contributed by atoms with van der Waals surface area (Å²) in [5.41, 5.74) is 15.0. The average Bonchev–Trinajstić information content (AvgIpc) is 2.91. The highest BCUT2D eigenvalue weighted by Gasteiger charge is 2.31. The van der Waals surface area contributed by atoms with Gasteiger partial charge in [-0.25, -0.2) is 0 Å². The second-order valence-electron chi connectivity index (χ2n) is 8.47. The van der Waals surface area contributed by atoms with Crippen LogP contribution in [0.2, 0.25) is 0 Å². The summed E-state index contributed by atoms with van der Waals surface area (Å²) >= 11 is 0. The highest BCUT2D eigenvalue weighted by atomic mass is 16.5. The zero-order valence-electron chi connectivity index (χ0n) is 20.4. The van der Waals surface area contributed by atoms with Gasteiger partial charge in [0.2, 0.25) is 11.8 Å². The van der Waals surface area contributed by atoms with Crippen LogP contribution in [-0.4, -0.2) is 35.6 Å². The molecule has 0 saturated heterocycles. The summed E-state index contributed by atoms with van der Waals surface area (Å²) in [7, 11) is 0. The van der Waals surface area contributed by atoms with E-state index in [1.54, 1.807) is 24.3 Å². The maximum Gasteiger partial charge on any atom is 0.245 e. The van der Waals surface area contributed by atoms with Crippen LogP contribution in [0.25, 0.3) is 0 Å². The number of rotatable bonds is 12. The van der Waals surface area contributed by atoms with Crippen LogP contribution in [0.5, 0.6) is 5.75 Å². The van der Waals surface area contributed by atoms with Crippen molar-refractivity contribution < 1.29 is 19.4 Å². The molecule has 0 fully saturated rings. The van der Waals surface area contributed by atoms with Gasteiger partial charge in [0.1, 0.15) is 17.9 Å². The van der Waals surface area contributed by atoms with Gasteiger partial charge in [-0.2, -0.15) is 0 Å². The minimum atomic E-state index is -1.26. The van der Waals surface area contributed by atoms with Crippen molar-refractivity contribution in [1.82, 2.24) is 10.6 Å². The Morgan fingerprint density at radius 3 is 2.11 bits per heavy atom. The molecule has 0 spiro atoms. The standard InChI is InChI=1S/C28H34N4O4/c1-2-36-23-14-12-19(13-15-23)16-24(30)27(34)32-25(26(33)22-6-4-3-5-7-22)28(35)31-18-21-10-8-20(17-29)9-11-21/h3-15,24-26,33H,2,16-18,29-30H2,1H3,(H,31,35)(H,32,34)/t24?,25-,26-/m0/s1. The Kier molecular flexibility index (Phi) is 10.00. The molecule has 3 aromatic rings. The van der Waals surface area contributed by atoms with Crippen LogP contribution in [-0.2, 0) is 29.1 Å². The summed E-state index contributed by atoms with van der Waals surface area (Å²) in [5.74, 6) is -0.318. The minimum Gasteiger partial charge on any atom is -0.494 e. The molecule has 0 heterocycles. The van der Waals surface area contributed by atoms with E-state index in [0.717, 1.165) is 22.4 Å². The van der Waals surface area contributed by atoms with E-state index in [1.165, 1.54) is 0 Å². The molecule has 3 aromatic carbocycles. The predicted molar refractivity (Wildman–Crippen MR) is 139 cm³/mol. The Morgan fingerprint density at radius 2 is 1.50 bits per heavy atom. The summed E-state index contributed by atoms with van der Waals surface area (Å²) in [6, 6.07) is 21.4. The first-order valence-corrected chi connectivity index (χ1v) is 12.0. The van der Waals surface area contributed by atoms with Crippen molar-refractivity contribution in [3.8, 4) is 5.75 Å². The van der Waals surface area contributed by atoms with Crippen molar-refractivity contribution in [2.75, 3.05) is 6.61 Å². The lowest BCUT2D eigenvalue weighted by Crippen LogP contribution is -2.54. The first-order chi connectivity index (χ1) is 17.4. The van der Waals surface area contributed by atoms with Gasteiger partial charge in [0.15, 0.2) is 0 Å². The van der Waals surface area contributed by atoms with Crippen molar-refractivity contribution in [2.24, 2.45) is 11.5 Å². The van der Waals surface area contributed by atoms with Crippen molar-refractivity contribution >= 4 is 11.8 Å². The van der Waals surface area contributed by atoms with Gasteiger partial charge < -0.3 is 31.9 Å². The summed E-state index contributed by atoms with van der Waals surface area (Å²) in [6.45, 7) is 3.13. The number of nitrogens with one attached hydrogen (secondary N) is 2. The number of benzene rings is 3. The van der Waals surface area contributed by atoms with Gasteiger partial charge in [0.05, 0.1) is 12.6 Å². The topological polar surface area (TPSA) is 140 Å². The quantitative estimate of drug-likeness (QED) is 0.263. The molecule has 3 atom stereocenters. The smallest absolute Gasteiger partial charge is 0.245 e. The Bertz CT molecular complexity index is 1100. The van der Waals surface area contributed by atoms with Crippen LogP contribution in [0.3, 0.4) is 0 Å². The molecule has 2 amide bonds. The lowest BCUT2D eigenvalue weighted by Gasteiger charge is -2.25. The van der Waals surface area contributed by atoms with Crippen LogP contribution in [0.4, 0.5) is 0 Å². The average molecular weight is 491 g/mol. The fourth-order valence-electron chi connectivity index (χ4n) is 3.72. The zero-order chi connectivity index (χ0) is 25.9. The highest BCUT2D eigenvalue weighted by molar-refractivity contribution is 5.90. The molecule has 0 saturated carbocycles. The molecule has 0 radical (unpaired) electrons. The highest BCUT2D eigenvalue weighted by Crippen LogP contribution is 2.18. The number of nitrogens with two attached hydrogens (primary N) is 2. The second kappa shape index (κ2) is 13.4. The van der Waals surface area contributed by atoms with E-state index in [1.807, 2.05) is 61.5 Å². The molecule has 0 aromatic heterocycles. The van der Waals surface area contributed by atoms with Crippen LogP contribution in [0.15, 0.2) is 78.9 Å². The number of aliphatic hydroxyl groups excluding tert-OH is 1. The molecule has 0 aliphatic rings. The lowest BCUT2D eigenvalue weighted by molar-refractivity contribution is -0.132. The van der Waals surface area contributed by atoms with E-state index in [9.17, 15) is 14.7 Å². The van der Waals surface area contributed by atoms with Gasteiger partial charge in [-0.05, 0) is 47.7 Å². The zero-order valence-corrected chi connectivity index (χ0v) is 20.4. The third-order valence-electron chi connectivity index (χ3n) is 5.79. The number of amides is 2. The predicted octanol–water partition coefficient (Wildman–Crippen LogP) is 1.95. The van der Waals surface area contributed by atoms with Gasteiger partial charge >= 0.3 is 0 Å². The number of ether oxygens (including phenoxy) is 1. The molecular weight excluding hydrogens is 456 g/mol. The Balaban J connectivity index is 1.68. The van der Waals surface area contributed by atoms with Crippen molar-refractivity contribution in [3.63, 3.8) is 0 Å². The maximum atomic E-state index is 13.1. The summed E-state index contributed by atoms with van der Waals surface area (Å²) in [4.78, 5) is 26.1. The van der Waals surface area contributed by atoms with Crippen LogP contribution in [0, 0.1) is 0 Å². The van der Waals surface area contributed by atoms with E-state index >= 15 is 0 Å². The lowest BCUT2D eigenvalue weighted by atomic mass is 10.00. The summed E-state index contributed by atoms with van der Waals surface area (Å²) in [5, 5.41) is 16.4. The molecule has 3 rings (SSSR count). The normalized spacial score (nSPS) is 13.3. The molecule has 0 bridgehead atoms. The monoisotopic (exact) mass is 490 g/mol. The van der Waals surface area contributed by atoms with Crippen LogP contribution in [0.1, 0.15) is 35.3 Å². The Hall–Kier alpha value is -3.72. The van der Waals surface area contributed by atoms with E-state index < -0.39 is 30.0 Å². The second-order valence-corrected chi connectivity index (χ2v) is 8.47. The van der Waals surface area contributed by atoms with Gasteiger partial charge in [-0.3, -0.25) is 9.59 Å². The summed E-state index contributed by atoms with van der Waals surface area (Å²) < 4.78 is 5.44. The van der Waals surface area contributed by atoms with E-state index in [4.69, 9.17) is 16.2 Å². The molecule has 0 aliphatic carbocycles. The SMILES string of the molecule is CCOc1ccc(CC(N)C(=O)N[C@H](C(=O)NCc2ccc(CN)cc2)[C@@H](O)c2ccccc2)cc1. The largest absolute Gasteiger partial charge is 0.494 e. The van der Waals surface area contributed by atoms with Crippen molar-refractivity contribution in [1.29, 1.82) is 0 Å². The molecule has 190 valence electrons. The van der Waals surface area contributed by atoms with Gasteiger partial charge in [0.25, 0.3) is 0 Å². The van der Waals surface area contributed by atoms with E-state index in [0.29, 0.717) is 18.7 Å². The Morgan fingerprint density at radius 1 is 0.889 bits per heavy atom. The van der Waals surface area contributed by atoms with Crippen molar-refractivity contribution in [2.45, 2.75) is 44.6 Å². The number of carbonyl (C=O) groups is 2. The van der Waals surface area contributed by atoms with Crippen LogP contribution < -0.4 is 26.8 Å². The van der Waals surface area contributed by atoms with Crippen molar-refractivity contribution in [3.05, 3.63) is 101 Å². The fourth-order valence-corrected chi connectivity index (χ4v) is 3.72. The molecule has 1 unspecified atom stereocenters. The van der Waals surface area contributed by atoms with Gasteiger partial charge in [-0.15, -0.1) is 0 Å². The van der Waals surface area contributed by atoms with Gasteiger partial charge in [0, 0.05) is 13.1 Å². The number of carbonyl (C=O) groups excluding carboxylic acids is 2. The first kappa shape index (κ1) is 26.9. The molecular formula is C28H34N4O4. The molecule has 0 aliphatic heterocycles. The Labute approximate surface area is 211 Å². The van der Waals surface area contributed by atoms with Crippen LogP contribution >= 0.6 is 0 Å². The molecule has 36 heavy (non-hydrogen) atoms. The molecule has 8 heteroatoms. The molecule has 7 N–H and O–H groups in total. The van der Waals surface area contributed by atoms with Gasteiger partial charge in [-0.1, -0.05) is 66.7 Å².